The monoisotopic (exact) mass is 234 g/mol. The highest BCUT2D eigenvalue weighted by molar-refractivity contribution is 5.58. The molecule has 2 heteroatoms. The molecule has 2 nitrogen and oxygen atoms in total. The molecule has 17 heavy (non-hydrogen) atoms. The van der Waals surface area contributed by atoms with Gasteiger partial charge in [0.05, 0.1) is 0 Å². The van der Waals surface area contributed by atoms with Crippen molar-refractivity contribution in [2.24, 2.45) is 5.92 Å². The SMILES string of the molecule is CCC(CNC)CNc1c(C)cc(C)cc1C. The quantitative estimate of drug-likeness (QED) is 0.789. The van der Waals surface area contributed by atoms with E-state index in [1.807, 2.05) is 7.05 Å². The molecule has 1 rings (SSSR count). The van der Waals surface area contributed by atoms with Crippen LogP contribution in [-0.2, 0) is 0 Å². The van der Waals surface area contributed by atoms with Crippen LogP contribution in [0.3, 0.4) is 0 Å². The summed E-state index contributed by atoms with van der Waals surface area (Å²) in [5.74, 6) is 0.695. The number of hydrogen-bond acceptors (Lipinski definition) is 2. The molecular weight excluding hydrogens is 208 g/mol. The lowest BCUT2D eigenvalue weighted by Crippen LogP contribution is -2.25. The molecule has 0 fully saturated rings. The van der Waals surface area contributed by atoms with E-state index in [1.54, 1.807) is 0 Å². The number of hydrogen-bond donors (Lipinski definition) is 2. The Morgan fingerprint density at radius 2 is 1.65 bits per heavy atom. The van der Waals surface area contributed by atoms with Crippen LogP contribution in [0, 0.1) is 26.7 Å². The van der Waals surface area contributed by atoms with E-state index < -0.39 is 0 Å². The van der Waals surface area contributed by atoms with Crippen LogP contribution in [0.1, 0.15) is 30.0 Å². The minimum absolute atomic E-state index is 0.695. The summed E-state index contributed by atoms with van der Waals surface area (Å²) < 4.78 is 0. The van der Waals surface area contributed by atoms with Gasteiger partial charge in [0.25, 0.3) is 0 Å². The highest BCUT2D eigenvalue weighted by Gasteiger charge is 2.07. The maximum Gasteiger partial charge on any atom is 0.0399 e. The van der Waals surface area contributed by atoms with Crippen LogP contribution in [-0.4, -0.2) is 20.1 Å². The molecule has 1 aromatic rings. The van der Waals surface area contributed by atoms with Crippen LogP contribution in [0.4, 0.5) is 5.69 Å². The standard InChI is InChI=1S/C15H26N2/c1-6-14(9-16-5)10-17-15-12(3)7-11(2)8-13(15)4/h7-8,14,16-17H,6,9-10H2,1-5H3. The van der Waals surface area contributed by atoms with Crippen molar-refractivity contribution < 1.29 is 0 Å². The zero-order valence-electron chi connectivity index (χ0n) is 11.9. The number of benzene rings is 1. The van der Waals surface area contributed by atoms with Gasteiger partial charge in [-0.25, -0.2) is 0 Å². The zero-order chi connectivity index (χ0) is 12.8. The summed E-state index contributed by atoms with van der Waals surface area (Å²) in [5, 5.41) is 6.86. The molecule has 0 spiro atoms. The Labute approximate surface area is 106 Å². The van der Waals surface area contributed by atoms with Gasteiger partial charge in [0.1, 0.15) is 0 Å². The van der Waals surface area contributed by atoms with Gasteiger partial charge in [0.2, 0.25) is 0 Å². The van der Waals surface area contributed by atoms with Crippen LogP contribution in [0.2, 0.25) is 0 Å². The summed E-state index contributed by atoms with van der Waals surface area (Å²) >= 11 is 0. The van der Waals surface area contributed by atoms with E-state index in [0.717, 1.165) is 13.1 Å². The molecular formula is C15H26N2. The van der Waals surface area contributed by atoms with Gasteiger partial charge in [-0.3, -0.25) is 0 Å². The molecule has 1 aromatic carbocycles. The largest absolute Gasteiger partial charge is 0.384 e. The van der Waals surface area contributed by atoms with Crippen LogP contribution in [0.25, 0.3) is 0 Å². The summed E-state index contributed by atoms with van der Waals surface area (Å²) in [6.45, 7) is 10.9. The Morgan fingerprint density at radius 1 is 1.06 bits per heavy atom. The lowest BCUT2D eigenvalue weighted by Gasteiger charge is -2.19. The summed E-state index contributed by atoms with van der Waals surface area (Å²) in [6.07, 6.45) is 1.21. The van der Waals surface area contributed by atoms with Crippen molar-refractivity contribution in [1.82, 2.24) is 5.32 Å². The van der Waals surface area contributed by atoms with E-state index in [1.165, 1.54) is 28.8 Å². The molecule has 0 aliphatic carbocycles. The van der Waals surface area contributed by atoms with Crippen molar-refractivity contribution in [3.05, 3.63) is 28.8 Å². The summed E-state index contributed by atoms with van der Waals surface area (Å²) in [5.41, 5.74) is 5.35. The van der Waals surface area contributed by atoms with E-state index in [9.17, 15) is 0 Å². The first-order valence-corrected chi connectivity index (χ1v) is 6.54. The minimum Gasteiger partial charge on any atom is -0.384 e. The van der Waals surface area contributed by atoms with Gasteiger partial charge in [-0.2, -0.15) is 0 Å². The summed E-state index contributed by atoms with van der Waals surface area (Å²) in [6, 6.07) is 4.49. The van der Waals surface area contributed by atoms with Crippen LogP contribution < -0.4 is 10.6 Å². The number of nitrogens with one attached hydrogen (secondary N) is 2. The second-order valence-corrected chi connectivity index (χ2v) is 4.99. The molecule has 0 aliphatic rings. The summed E-state index contributed by atoms with van der Waals surface area (Å²) in [4.78, 5) is 0. The van der Waals surface area contributed by atoms with Gasteiger partial charge in [-0.1, -0.05) is 31.0 Å². The lowest BCUT2D eigenvalue weighted by atomic mass is 10.0. The number of rotatable bonds is 6. The van der Waals surface area contributed by atoms with E-state index in [-0.39, 0.29) is 0 Å². The van der Waals surface area contributed by atoms with Gasteiger partial charge in [0.15, 0.2) is 0 Å². The third kappa shape index (κ3) is 4.04. The van der Waals surface area contributed by atoms with Crippen LogP contribution in [0.5, 0.6) is 0 Å². The maximum absolute atomic E-state index is 3.60. The van der Waals surface area contributed by atoms with E-state index in [0.29, 0.717) is 5.92 Å². The molecule has 1 unspecified atom stereocenters. The molecule has 0 bridgehead atoms. The average molecular weight is 234 g/mol. The first-order chi connectivity index (χ1) is 8.08. The Kier molecular flexibility index (Phi) is 5.49. The van der Waals surface area contributed by atoms with Gasteiger partial charge in [-0.15, -0.1) is 0 Å². The van der Waals surface area contributed by atoms with Crippen molar-refractivity contribution in [3.63, 3.8) is 0 Å². The third-order valence-corrected chi connectivity index (χ3v) is 3.31. The molecule has 96 valence electrons. The number of aryl methyl sites for hydroxylation is 3. The lowest BCUT2D eigenvalue weighted by molar-refractivity contribution is 0.506. The zero-order valence-corrected chi connectivity index (χ0v) is 11.9. The van der Waals surface area contributed by atoms with Crippen molar-refractivity contribution in [1.29, 1.82) is 0 Å². The van der Waals surface area contributed by atoms with Crippen molar-refractivity contribution in [2.45, 2.75) is 34.1 Å². The molecule has 0 saturated heterocycles. The second-order valence-electron chi connectivity index (χ2n) is 4.99. The molecule has 0 aliphatic heterocycles. The van der Waals surface area contributed by atoms with Crippen molar-refractivity contribution in [3.8, 4) is 0 Å². The van der Waals surface area contributed by atoms with Gasteiger partial charge in [-0.05, 0) is 51.4 Å². The van der Waals surface area contributed by atoms with Crippen LogP contribution >= 0.6 is 0 Å². The molecule has 0 radical (unpaired) electrons. The fourth-order valence-corrected chi connectivity index (χ4v) is 2.35. The Balaban J connectivity index is 2.68. The first-order valence-electron chi connectivity index (χ1n) is 6.54. The topological polar surface area (TPSA) is 24.1 Å². The fraction of sp³-hybridized carbons (Fsp3) is 0.600. The molecule has 2 N–H and O–H groups in total. The van der Waals surface area contributed by atoms with E-state index in [2.05, 4.69) is 50.5 Å². The Hall–Kier alpha value is -1.02. The van der Waals surface area contributed by atoms with E-state index >= 15 is 0 Å². The van der Waals surface area contributed by atoms with Gasteiger partial charge >= 0.3 is 0 Å². The van der Waals surface area contributed by atoms with Crippen LogP contribution in [0.15, 0.2) is 12.1 Å². The average Bonchev–Trinajstić information content (AvgIpc) is 2.26. The van der Waals surface area contributed by atoms with E-state index in [4.69, 9.17) is 0 Å². The number of anilines is 1. The first kappa shape index (κ1) is 14.0. The molecule has 0 heterocycles. The summed E-state index contributed by atoms with van der Waals surface area (Å²) in [7, 11) is 2.02. The Bertz CT molecular complexity index is 335. The van der Waals surface area contributed by atoms with Crippen molar-refractivity contribution in [2.75, 3.05) is 25.5 Å². The maximum atomic E-state index is 3.60. The predicted molar refractivity (Wildman–Crippen MR) is 76.9 cm³/mol. The minimum atomic E-state index is 0.695. The predicted octanol–water partition coefficient (Wildman–Crippen LogP) is 3.27. The van der Waals surface area contributed by atoms with Gasteiger partial charge < -0.3 is 10.6 Å². The highest BCUT2D eigenvalue weighted by Crippen LogP contribution is 2.22. The molecule has 1 atom stereocenters. The fourth-order valence-electron chi connectivity index (χ4n) is 2.35. The molecule has 0 saturated carbocycles. The molecule has 0 amide bonds. The second kappa shape index (κ2) is 6.65. The normalized spacial score (nSPS) is 12.5. The third-order valence-electron chi connectivity index (χ3n) is 3.31. The smallest absolute Gasteiger partial charge is 0.0399 e. The Morgan fingerprint density at radius 3 is 2.12 bits per heavy atom. The highest BCUT2D eigenvalue weighted by atomic mass is 14.9. The van der Waals surface area contributed by atoms with Gasteiger partial charge in [0, 0.05) is 12.2 Å². The van der Waals surface area contributed by atoms with Crippen molar-refractivity contribution >= 4 is 5.69 Å². The molecule has 0 aromatic heterocycles.